The average Bonchev–Trinajstić information content (AvgIpc) is 3.81. The van der Waals surface area contributed by atoms with Gasteiger partial charge in [0, 0.05) is 48.4 Å². The molecule has 6 rings (SSSR count). The number of nitrogen functional groups attached to an aromatic ring is 1. The third-order valence-electron chi connectivity index (χ3n) is 9.51. The monoisotopic (exact) mass is 689 g/mol. The van der Waals surface area contributed by atoms with E-state index < -0.39 is 11.3 Å². The summed E-state index contributed by atoms with van der Waals surface area (Å²) in [6, 6.07) is 5.93. The van der Waals surface area contributed by atoms with Crippen molar-refractivity contribution in [1.82, 2.24) is 30.2 Å². The molecule has 0 saturated carbocycles. The number of carbonyl (C=O) groups is 1. The Hall–Kier alpha value is -4.55. The molecule has 1 aliphatic carbocycles. The van der Waals surface area contributed by atoms with Crippen LogP contribution in [0.2, 0.25) is 0 Å². The molecule has 1 fully saturated rings. The van der Waals surface area contributed by atoms with Gasteiger partial charge in [0.2, 0.25) is 17.7 Å². The summed E-state index contributed by atoms with van der Waals surface area (Å²) >= 11 is 1.48. The van der Waals surface area contributed by atoms with Gasteiger partial charge in [0.15, 0.2) is 5.76 Å². The summed E-state index contributed by atoms with van der Waals surface area (Å²) in [4.78, 5) is 32.2. The maximum absolute atomic E-state index is 12.2. The molecule has 49 heavy (non-hydrogen) atoms. The van der Waals surface area contributed by atoms with Crippen molar-refractivity contribution in [2.24, 2.45) is 5.92 Å². The highest BCUT2D eigenvalue weighted by Crippen LogP contribution is 2.48. The lowest BCUT2D eigenvalue weighted by Crippen LogP contribution is -2.40. The summed E-state index contributed by atoms with van der Waals surface area (Å²) in [5, 5.41) is 18.7. The van der Waals surface area contributed by atoms with Crippen molar-refractivity contribution in [3.05, 3.63) is 46.0 Å². The van der Waals surface area contributed by atoms with Gasteiger partial charge >= 0.3 is 5.97 Å². The second kappa shape index (κ2) is 14.5. The molecule has 1 aliphatic heterocycles. The second-order valence-electron chi connectivity index (χ2n) is 13.3. The average molecular weight is 690 g/mol. The number of fused-ring (bicyclic) bond motifs is 1. The SMILES string of the molecule is COC(=O)C(c1cc(OCCCN2CCCN(c3nccc(-c4noc([C@@]5(C)CCCc6sc(N)c(C#N)c65)n4)n3)[C@@H](C)C2)no1)C(C)C. The smallest absolute Gasteiger partial charge is 0.316 e. The molecule has 0 spiro atoms. The topological polar surface area (TPSA) is 183 Å². The fraction of sp³-hybridized carbons (Fsp3) is 0.559. The van der Waals surface area contributed by atoms with E-state index in [1.54, 1.807) is 18.3 Å². The zero-order valence-corrected chi connectivity index (χ0v) is 29.5. The van der Waals surface area contributed by atoms with Crippen molar-refractivity contribution >= 4 is 28.3 Å². The van der Waals surface area contributed by atoms with Crippen LogP contribution in [-0.2, 0) is 21.4 Å². The number of anilines is 2. The normalized spacial score (nSPS) is 20.4. The Labute approximate surface area is 289 Å². The summed E-state index contributed by atoms with van der Waals surface area (Å²) in [6.07, 6.45) is 6.11. The van der Waals surface area contributed by atoms with Gasteiger partial charge in [-0.05, 0) is 69.6 Å². The van der Waals surface area contributed by atoms with Gasteiger partial charge in [-0.2, -0.15) is 10.2 Å². The molecular weight excluding hydrogens is 646 g/mol. The van der Waals surface area contributed by atoms with E-state index in [1.165, 1.54) is 18.4 Å². The lowest BCUT2D eigenvalue weighted by atomic mass is 9.72. The highest BCUT2D eigenvalue weighted by molar-refractivity contribution is 7.16. The van der Waals surface area contributed by atoms with Crippen LogP contribution in [0.1, 0.15) is 87.0 Å². The Balaban J connectivity index is 1.06. The summed E-state index contributed by atoms with van der Waals surface area (Å²) in [5.41, 5.74) is 7.63. The number of rotatable bonds is 11. The quantitative estimate of drug-likeness (QED) is 0.165. The van der Waals surface area contributed by atoms with Gasteiger partial charge in [0.05, 0.1) is 24.7 Å². The number of hydrogen-bond acceptors (Lipinski definition) is 15. The van der Waals surface area contributed by atoms with Gasteiger partial charge in [-0.3, -0.25) is 4.79 Å². The Morgan fingerprint density at radius 3 is 2.86 bits per heavy atom. The van der Waals surface area contributed by atoms with E-state index in [9.17, 15) is 10.1 Å². The van der Waals surface area contributed by atoms with Gasteiger partial charge in [0.25, 0.3) is 5.88 Å². The van der Waals surface area contributed by atoms with Crippen LogP contribution >= 0.6 is 11.3 Å². The van der Waals surface area contributed by atoms with Crippen LogP contribution in [0, 0.1) is 17.2 Å². The van der Waals surface area contributed by atoms with Crippen molar-refractivity contribution < 1.29 is 23.3 Å². The van der Waals surface area contributed by atoms with Crippen molar-refractivity contribution in [2.75, 3.05) is 50.5 Å². The van der Waals surface area contributed by atoms with E-state index in [0.29, 0.717) is 52.2 Å². The van der Waals surface area contributed by atoms with Crippen LogP contribution in [0.5, 0.6) is 5.88 Å². The molecule has 5 heterocycles. The number of nitrogens with zero attached hydrogens (tertiary/aromatic N) is 8. The molecule has 4 aromatic rings. The summed E-state index contributed by atoms with van der Waals surface area (Å²) in [6.45, 7) is 12.0. The van der Waals surface area contributed by atoms with Crippen LogP contribution in [0.15, 0.2) is 27.4 Å². The zero-order chi connectivity index (χ0) is 34.7. The molecule has 0 amide bonds. The van der Waals surface area contributed by atoms with Crippen LogP contribution in [0.3, 0.4) is 0 Å². The second-order valence-corrected chi connectivity index (χ2v) is 14.4. The largest absolute Gasteiger partial charge is 0.475 e. The highest BCUT2D eigenvalue weighted by Gasteiger charge is 2.43. The molecule has 14 nitrogen and oxygen atoms in total. The van der Waals surface area contributed by atoms with Crippen molar-refractivity contribution in [2.45, 2.75) is 77.2 Å². The van der Waals surface area contributed by atoms with Gasteiger partial charge in [0.1, 0.15) is 22.7 Å². The predicted octanol–water partition coefficient (Wildman–Crippen LogP) is 4.95. The molecule has 0 aromatic carbocycles. The number of aromatic nitrogens is 5. The Morgan fingerprint density at radius 2 is 2.08 bits per heavy atom. The summed E-state index contributed by atoms with van der Waals surface area (Å²) in [7, 11) is 1.37. The van der Waals surface area contributed by atoms with Gasteiger partial charge in [-0.25, -0.2) is 9.97 Å². The van der Waals surface area contributed by atoms with Gasteiger partial charge in [-0.15, -0.1) is 11.3 Å². The van der Waals surface area contributed by atoms with Crippen LogP contribution in [-0.4, -0.2) is 82.1 Å². The number of ether oxygens (including phenoxy) is 2. The minimum Gasteiger partial charge on any atom is -0.475 e. The maximum Gasteiger partial charge on any atom is 0.316 e. The molecule has 2 N–H and O–H groups in total. The Morgan fingerprint density at radius 1 is 1.24 bits per heavy atom. The number of aryl methyl sites for hydroxylation is 1. The molecule has 1 saturated heterocycles. The first kappa shape index (κ1) is 34.3. The third-order valence-corrected chi connectivity index (χ3v) is 10.6. The van der Waals surface area contributed by atoms with Crippen molar-refractivity contribution in [3.63, 3.8) is 0 Å². The van der Waals surface area contributed by atoms with E-state index in [1.807, 2.05) is 13.8 Å². The first-order chi connectivity index (χ1) is 23.6. The number of methoxy groups -OCH3 is 1. The molecule has 2 aliphatic rings. The number of nitriles is 1. The Kier molecular flexibility index (Phi) is 10.2. The molecule has 260 valence electrons. The molecule has 3 atom stereocenters. The van der Waals surface area contributed by atoms with E-state index in [4.69, 9.17) is 34.2 Å². The highest BCUT2D eigenvalue weighted by atomic mass is 32.1. The number of esters is 1. The fourth-order valence-corrected chi connectivity index (χ4v) is 8.21. The van der Waals surface area contributed by atoms with E-state index in [2.05, 4.69) is 45.0 Å². The third kappa shape index (κ3) is 6.98. The number of nitrogens with two attached hydrogens (primary N) is 1. The van der Waals surface area contributed by atoms with E-state index >= 15 is 0 Å². The molecule has 0 radical (unpaired) electrons. The van der Waals surface area contributed by atoms with Crippen molar-refractivity contribution in [1.29, 1.82) is 5.26 Å². The lowest BCUT2D eigenvalue weighted by Gasteiger charge is -2.30. The lowest BCUT2D eigenvalue weighted by molar-refractivity contribution is -0.144. The van der Waals surface area contributed by atoms with E-state index in [0.717, 1.165) is 68.7 Å². The molecule has 0 bridgehead atoms. The minimum absolute atomic E-state index is 0.00281. The first-order valence-corrected chi connectivity index (χ1v) is 17.6. The van der Waals surface area contributed by atoms with Gasteiger partial charge < -0.3 is 34.1 Å². The number of hydrogen-bond donors (Lipinski definition) is 1. The van der Waals surface area contributed by atoms with Crippen LogP contribution < -0.4 is 15.4 Å². The van der Waals surface area contributed by atoms with E-state index in [-0.39, 0.29) is 17.9 Å². The van der Waals surface area contributed by atoms with Crippen molar-refractivity contribution in [3.8, 4) is 23.5 Å². The molecular formula is C34H43N9O5S. The number of carbonyl (C=O) groups excluding carboxylic acids is 1. The Bertz CT molecular complexity index is 1810. The van der Waals surface area contributed by atoms with Crippen LogP contribution in [0.4, 0.5) is 10.9 Å². The standard InChI is InChI=1S/C34H43N9O5S/c1-20(2)27(31(44)45-5)24-17-26(40-47-24)46-16-8-14-42-13-7-15-43(21(3)19-42)33-37-12-10-23(38-33)30-39-32(48-41-30)34(4)11-6-9-25-28(34)22(18-35)29(36)49-25/h10,12,17,20-21,27H,6-9,11,13-16,19,36H2,1-5H3/t21-,27?,34-/m0/s1. The minimum atomic E-state index is -0.596. The fourth-order valence-electron chi connectivity index (χ4n) is 7.02. The van der Waals surface area contributed by atoms with Gasteiger partial charge in [-0.1, -0.05) is 19.0 Å². The molecule has 1 unspecified atom stereocenters. The van der Waals surface area contributed by atoms with Crippen LogP contribution in [0.25, 0.3) is 11.5 Å². The number of thiophene rings is 1. The zero-order valence-electron chi connectivity index (χ0n) is 28.6. The molecule has 4 aromatic heterocycles. The predicted molar refractivity (Wildman–Crippen MR) is 182 cm³/mol. The maximum atomic E-state index is 12.2. The molecule has 15 heteroatoms. The summed E-state index contributed by atoms with van der Waals surface area (Å²) < 4.78 is 22.0. The summed E-state index contributed by atoms with van der Waals surface area (Å²) in [5.74, 6) is 1.41. The first-order valence-electron chi connectivity index (χ1n) is 16.8.